The van der Waals surface area contributed by atoms with E-state index < -0.39 is 17.4 Å². The maximum absolute atomic E-state index is 12.5. The van der Waals surface area contributed by atoms with Crippen LogP contribution in [0.1, 0.15) is 22.6 Å². The fraction of sp³-hybridized carbons (Fsp3) is 0.250. The highest BCUT2D eigenvalue weighted by Crippen LogP contribution is 2.34. The maximum atomic E-state index is 12.5. The van der Waals surface area contributed by atoms with Gasteiger partial charge < -0.3 is 4.74 Å². The molecule has 0 aliphatic carbocycles. The second-order valence-corrected chi connectivity index (χ2v) is 3.68. The van der Waals surface area contributed by atoms with Crippen LogP contribution in [0.25, 0.3) is 0 Å². The molecule has 0 spiro atoms. The van der Waals surface area contributed by atoms with Crippen LogP contribution in [0, 0.1) is 0 Å². The minimum Gasteiger partial charge on any atom is -0.493 e. The fourth-order valence-electron chi connectivity index (χ4n) is 0.971. The molecule has 0 N–H and O–H groups in total. The van der Waals surface area contributed by atoms with Gasteiger partial charge in [-0.3, -0.25) is 4.79 Å². The number of alkyl halides is 2. The first kappa shape index (κ1) is 12.3. The van der Waals surface area contributed by atoms with Gasteiger partial charge in [0.25, 0.3) is 11.7 Å². The van der Waals surface area contributed by atoms with Crippen molar-refractivity contribution in [1.82, 2.24) is 4.98 Å². The molecule has 0 bridgehead atoms. The lowest BCUT2D eigenvalue weighted by atomic mass is 10.3. The van der Waals surface area contributed by atoms with Crippen LogP contribution in [0.2, 0.25) is 0 Å². The van der Waals surface area contributed by atoms with Crippen LogP contribution in [-0.4, -0.2) is 17.3 Å². The van der Waals surface area contributed by atoms with Gasteiger partial charge in [-0.15, -0.1) is 0 Å². The normalized spacial score (nSPS) is 10.5. The van der Waals surface area contributed by atoms with Crippen molar-refractivity contribution in [3.8, 4) is 5.75 Å². The molecule has 0 aliphatic rings. The second-order valence-electron chi connectivity index (χ2n) is 2.48. The van der Waals surface area contributed by atoms with Crippen molar-refractivity contribution in [2.45, 2.75) is 6.43 Å². The largest absolute Gasteiger partial charge is 0.493 e. The van der Waals surface area contributed by atoms with Crippen molar-refractivity contribution in [2.24, 2.45) is 0 Å². The summed E-state index contributed by atoms with van der Waals surface area (Å²) in [6, 6.07) is 1.22. The fourth-order valence-corrected chi connectivity index (χ4v) is 1.65. The van der Waals surface area contributed by atoms with Crippen molar-refractivity contribution in [3.05, 3.63) is 21.9 Å². The zero-order chi connectivity index (χ0) is 11.6. The highest BCUT2D eigenvalue weighted by molar-refractivity contribution is 9.10. The van der Waals surface area contributed by atoms with Gasteiger partial charge in [-0.05, 0) is 33.6 Å². The van der Waals surface area contributed by atoms with E-state index in [1.807, 2.05) is 0 Å². The van der Waals surface area contributed by atoms with Gasteiger partial charge in [0.1, 0.15) is 5.69 Å². The minimum atomic E-state index is -2.84. The molecular weight excluding hydrogens is 295 g/mol. The summed E-state index contributed by atoms with van der Waals surface area (Å²) >= 11 is 8.12. The zero-order valence-electron chi connectivity index (χ0n) is 7.43. The number of hydrogen-bond donors (Lipinski definition) is 0. The molecule has 1 aromatic rings. The molecule has 0 aliphatic heterocycles. The summed E-state index contributed by atoms with van der Waals surface area (Å²) in [7, 11) is 1.23. The summed E-state index contributed by atoms with van der Waals surface area (Å²) in [6.07, 6.45) is -2.84. The molecule has 1 aromatic heterocycles. The molecular formula is C8H5BrClF2NO2. The van der Waals surface area contributed by atoms with E-state index >= 15 is 0 Å². The van der Waals surface area contributed by atoms with Gasteiger partial charge in [-0.25, -0.2) is 13.8 Å². The highest BCUT2D eigenvalue weighted by atomic mass is 79.9. The van der Waals surface area contributed by atoms with Gasteiger partial charge in [0, 0.05) is 0 Å². The number of aromatic nitrogens is 1. The van der Waals surface area contributed by atoms with Crippen LogP contribution in [-0.2, 0) is 0 Å². The van der Waals surface area contributed by atoms with Crippen LogP contribution in [0.5, 0.6) is 5.75 Å². The summed E-state index contributed by atoms with van der Waals surface area (Å²) in [6.45, 7) is 0. The summed E-state index contributed by atoms with van der Waals surface area (Å²) in [5, 5.41) is -0.903. The van der Waals surface area contributed by atoms with Crippen LogP contribution in [0.4, 0.5) is 8.78 Å². The average molecular weight is 300 g/mol. The number of rotatable bonds is 3. The first-order valence-corrected chi connectivity index (χ1v) is 4.87. The molecule has 0 atom stereocenters. The molecule has 0 radical (unpaired) electrons. The van der Waals surface area contributed by atoms with E-state index in [0.29, 0.717) is 0 Å². The number of nitrogens with zero attached hydrogens (tertiary/aromatic N) is 1. The molecule has 0 amide bonds. The Bertz CT molecular complexity index is 400. The van der Waals surface area contributed by atoms with Gasteiger partial charge in [-0.1, -0.05) is 0 Å². The number of pyridine rings is 1. The van der Waals surface area contributed by atoms with Crippen molar-refractivity contribution < 1.29 is 18.3 Å². The average Bonchev–Trinajstić information content (AvgIpc) is 2.16. The SMILES string of the molecule is COc1c(Br)cc(C(=O)Cl)nc1C(F)F. The van der Waals surface area contributed by atoms with Gasteiger partial charge in [-0.2, -0.15) is 0 Å². The Morgan fingerprint density at radius 2 is 2.27 bits per heavy atom. The smallest absolute Gasteiger partial charge is 0.284 e. The number of halogens is 4. The number of methoxy groups -OCH3 is 1. The van der Waals surface area contributed by atoms with E-state index in [4.69, 9.17) is 16.3 Å². The van der Waals surface area contributed by atoms with E-state index in [1.54, 1.807) is 0 Å². The predicted molar refractivity (Wildman–Crippen MR) is 53.6 cm³/mol. The number of carbonyl (C=O) groups is 1. The topological polar surface area (TPSA) is 39.2 Å². The Morgan fingerprint density at radius 1 is 1.67 bits per heavy atom. The Kier molecular flexibility index (Phi) is 3.98. The lowest BCUT2D eigenvalue weighted by molar-refractivity contribution is 0.107. The van der Waals surface area contributed by atoms with Crippen LogP contribution in [0.15, 0.2) is 10.5 Å². The monoisotopic (exact) mass is 299 g/mol. The third-order valence-electron chi connectivity index (χ3n) is 1.57. The molecule has 0 fully saturated rings. The quantitative estimate of drug-likeness (QED) is 0.805. The Balaban J connectivity index is 3.38. The molecule has 0 unspecified atom stereocenters. The van der Waals surface area contributed by atoms with Crippen molar-refractivity contribution in [2.75, 3.05) is 7.11 Å². The molecule has 15 heavy (non-hydrogen) atoms. The third-order valence-corrected chi connectivity index (χ3v) is 2.35. The van der Waals surface area contributed by atoms with E-state index in [1.165, 1.54) is 13.2 Å². The van der Waals surface area contributed by atoms with Crippen molar-refractivity contribution in [3.63, 3.8) is 0 Å². The van der Waals surface area contributed by atoms with Crippen molar-refractivity contribution >= 4 is 32.8 Å². The van der Waals surface area contributed by atoms with Gasteiger partial charge >= 0.3 is 0 Å². The minimum absolute atomic E-state index is 0.105. The molecule has 0 saturated heterocycles. The van der Waals surface area contributed by atoms with Gasteiger partial charge in [0.05, 0.1) is 11.6 Å². The summed E-state index contributed by atoms with van der Waals surface area (Å²) in [5.41, 5.74) is -0.865. The van der Waals surface area contributed by atoms with E-state index in [0.717, 1.165) is 0 Å². The van der Waals surface area contributed by atoms with E-state index in [9.17, 15) is 13.6 Å². The maximum Gasteiger partial charge on any atom is 0.284 e. The molecule has 7 heteroatoms. The van der Waals surface area contributed by atoms with Crippen molar-refractivity contribution in [1.29, 1.82) is 0 Å². The second kappa shape index (κ2) is 4.85. The Morgan fingerprint density at radius 3 is 2.67 bits per heavy atom. The van der Waals surface area contributed by atoms with E-state index in [2.05, 4.69) is 20.9 Å². The Labute approximate surface area is 97.5 Å². The zero-order valence-corrected chi connectivity index (χ0v) is 9.77. The summed E-state index contributed by atoms with van der Waals surface area (Å²) in [4.78, 5) is 14.2. The lowest BCUT2D eigenvalue weighted by Gasteiger charge is -2.09. The highest BCUT2D eigenvalue weighted by Gasteiger charge is 2.21. The first-order chi connectivity index (χ1) is 6.97. The number of ether oxygens (including phenoxy) is 1. The van der Waals surface area contributed by atoms with Crippen LogP contribution >= 0.6 is 27.5 Å². The van der Waals surface area contributed by atoms with Gasteiger partial charge in [0.2, 0.25) is 0 Å². The third kappa shape index (κ3) is 2.63. The molecule has 1 heterocycles. The summed E-state index contributed by atoms with van der Waals surface area (Å²) in [5.74, 6) is -0.105. The standard InChI is InChI=1S/C8H5BrClF2NO2/c1-15-6-3(9)2-4(7(10)14)13-5(6)8(11)12/h2,8H,1H3. The molecule has 0 aromatic carbocycles. The lowest BCUT2D eigenvalue weighted by Crippen LogP contribution is -2.03. The Hall–Kier alpha value is -0.750. The summed E-state index contributed by atoms with van der Waals surface area (Å²) < 4.78 is 30.0. The predicted octanol–water partition coefficient (Wildman–Crippen LogP) is 3.17. The van der Waals surface area contributed by atoms with Gasteiger partial charge in [0.15, 0.2) is 11.4 Å². The molecule has 0 saturated carbocycles. The van der Waals surface area contributed by atoms with Crippen LogP contribution < -0.4 is 4.74 Å². The number of carbonyl (C=O) groups excluding carboxylic acids is 1. The molecule has 1 rings (SSSR count). The molecule has 3 nitrogen and oxygen atoms in total. The van der Waals surface area contributed by atoms with E-state index in [-0.39, 0.29) is 15.9 Å². The van der Waals surface area contributed by atoms with Crippen LogP contribution in [0.3, 0.4) is 0 Å². The number of hydrogen-bond acceptors (Lipinski definition) is 3. The molecule has 82 valence electrons. The first-order valence-electron chi connectivity index (χ1n) is 3.69.